The highest BCUT2D eigenvalue weighted by atomic mass is 14.4. The lowest BCUT2D eigenvalue weighted by atomic mass is 9.68. The van der Waals surface area contributed by atoms with E-state index in [0.717, 1.165) is 29.6 Å². The minimum atomic E-state index is 0.759. The van der Waals surface area contributed by atoms with Crippen molar-refractivity contribution < 1.29 is 0 Å². The van der Waals surface area contributed by atoms with E-state index in [1.54, 1.807) is 5.56 Å². The van der Waals surface area contributed by atoms with E-state index in [0.29, 0.717) is 0 Å². The molecule has 2 fully saturated rings. The Balaban J connectivity index is 1.50. The van der Waals surface area contributed by atoms with Crippen molar-refractivity contribution in [2.75, 3.05) is 0 Å². The highest BCUT2D eigenvalue weighted by molar-refractivity contribution is 5.26. The SMILES string of the molecule is CC(C)Cc1ccc(C2CCC(C3CCC(C)CC3)CC2)cc1. The zero-order chi connectivity index (χ0) is 16.2. The van der Waals surface area contributed by atoms with Crippen molar-refractivity contribution >= 4 is 0 Å². The van der Waals surface area contributed by atoms with Crippen LogP contribution in [-0.2, 0) is 6.42 Å². The summed E-state index contributed by atoms with van der Waals surface area (Å²) in [6, 6.07) is 9.60. The van der Waals surface area contributed by atoms with E-state index >= 15 is 0 Å². The lowest BCUT2D eigenvalue weighted by Crippen LogP contribution is -2.24. The van der Waals surface area contributed by atoms with Crippen molar-refractivity contribution in [1.82, 2.24) is 0 Å². The molecule has 0 heteroatoms. The molecular formula is C23H36. The Morgan fingerprint density at radius 1 is 0.783 bits per heavy atom. The smallest absolute Gasteiger partial charge is 0.0162 e. The maximum Gasteiger partial charge on any atom is -0.0162 e. The van der Waals surface area contributed by atoms with Crippen LogP contribution in [0.2, 0.25) is 0 Å². The molecule has 0 nitrogen and oxygen atoms in total. The van der Waals surface area contributed by atoms with E-state index in [1.807, 2.05) is 0 Å². The molecule has 0 radical (unpaired) electrons. The summed E-state index contributed by atoms with van der Waals surface area (Å²) < 4.78 is 0. The monoisotopic (exact) mass is 312 g/mol. The first-order chi connectivity index (χ1) is 11.1. The minimum Gasteiger partial charge on any atom is -0.0625 e. The second-order valence-electron chi connectivity index (χ2n) is 8.97. The number of hydrogen-bond acceptors (Lipinski definition) is 0. The lowest BCUT2D eigenvalue weighted by Gasteiger charge is -2.37. The zero-order valence-corrected chi connectivity index (χ0v) is 15.6. The van der Waals surface area contributed by atoms with Gasteiger partial charge in [-0.25, -0.2) is 0 Å². The Morgan fingerprint density at radius 2 is 1.30 bits per heavy atom. The van der Waals surface area contributed by atoms with Crippen molar-refractivity contribution in [2.24, 2.45) is 23.7 Å². The second-order valence-corrected chi connectivity index (χ2v) is 8.97. The van der Waals surface area contributed by atoms with Crippen LogP contribution in [0.4, 0.5) is 0 Å². The Labute approximate surface area is 144 Å². The van der Waals surface area contributed by atoms with Gasteiger partial charge in [0.1, 0.15) is 0 Å². The molecule has 0 heterocycles. The van der Waals surface area contributed by atoms with Crippen molar-refractivity contribution in [2.45, 2.75) is 84.5 Å². The molecule has 1 aromatic carbocycles. The van der Waals surface area contributed by atoms with Crippen LogP contribution in [-0.4, -0.2) is 0 Å². The fraction of sp³-hybridized carbons (Fsp3) is 0.739. The number of benzene rings is 1. The summed E-state index contributed by atoms with van der Waals surface area (Å²) in [5.41, 5.74) is 3.11. The summed E-state index contributed by atoms with van der Waals surface area (Å²) in [6.07, 6.45) is 13.0. The van der Waals surface area contributed by atoms with Gasteiger partial charge >= 0.3 is 0 Å². The van der Waals surface area contributed by atoms with Gasteiger partial charge in [-0.15, -0.1) is 0 Å². The first-order valence-electron chi connectivity index (χ1n) is 10.2. The molecule has 1 aromatic rings. The minimum absolute atomic E-state index is 0.759. The highest BCUT2D eigenvalue weighted by Crippen LogP contribution is 2.43. The summed E-state index contributed by atoms with van der Waals surface area (Å²) in [5, 5.41) is 0. The zero-order valence-electron chi connectivity index (χ0n) is 15.6. The van der Waals surface area contributed by atoms with Gasteiger partial charge in [-0.05, 0) is 85.7 Å². The van der Waals surface area contributed by atoms with E-state index in [9.17, 15) is 0 Å². The summed E-state index contributed by atoms with van der Waals surface area (Å²) >= 11 is 0. The molecule has 0 aromatic heterocycles. The molecule has 3 rings (SSSR count). The van der Waals surface area contributed by atoms with Crippen molar-refractivity contribution in [3.63, 3.8) is 0 Å². The van der Waals surface area contributed by atoms with Gasteiger partial charge in [0.15, 0.2) is 0 Å². The molecule has 23 heavy (non-hydrogen) atoms. The van der Waals surface area contributed by atoms with Crippen LogP contribution in [0.1, 0.15) is 89.2 Å². The molecule has 0 bridgehead atoms. The van der Waals surface area contributed by atoms with Gasteiger partial charge < -0.3 is 0 Å². The van der Waals surface area contributed by atoms with E-state index in [-0.39, 0.29) is 0 Å². The topological polar surface area (TPSA) is 0 Å². The van der Waals surface area contributed by atoms with Gasteiger partial charge in [0.25, 0.3) is 0 Å². The molecule has 2 aliphatic rings. The van der Waals surface area contributed by atoms with E-state index in [4.69, 9.17) is 0 Å². The van der Waals surface area contributed by atoms with Gasteiger partial charge in [-0.3, -0.25) is 0 Å². The van der Waals surface area contributed by atoms with Gasteiger partial charge in [0.05, 0.1) is 0 Å². The molecule has 0 N–H and O–H groups in total. The molecule has 128 valence electrons. The molecule has 2 aliphatic carbocycles. The first-order valence-corrected chi connectivity index (χ1v) is 10.2. The van der Waals surface area contributed by atoms with Gasteiger partial charge in [-0.2, -0.15) is 0 Å². The maximum absolute atomic E-state index is 2.44. The van der Waals surface area contributed by atoms with Crippen LogP contribution in [0.25, 0.3) is 0 Å². The molecule has 0 aliphatic heterocycles. The number of rotatable bonds is 4. The van der Waals surface area contributed by atoms with Gasteiger partial charge in [0.2, 0.25) is 0 Å². The maximum atomic E-state index is 2.44. The third-order valence-electron chi connectivity index (χ3n) is 6.59. The Hall–Kier alpha value is -0.780. The molecule has 0 atom stereocenters. The van der Waals surface area contributed by atoms with Crippen LogP contribution in [0, 0.1) is 23.7 Å². The molecule has 0 saturated heterocycles. The van der Waals surface area contributed by atoms with Gasteiger partial charge in [0, 0.05) is 0 Å². The van der Waals surface area contributed by atoms with Crippen LogP contribution in [0.5, 0.6) is 0 Å². The third-order valence-corrected chi connectivity index (χ3v) is 6.59. The van der Waals surface area contributed by atoms with Crippen LogP contribution in [0.15, 0.2) is 24.3 Å². The molecule has 0 amide bonds. The fourth-order valence-electron chi connectivity index (χ4n) is 5.08. The quantitative estimate of drug-likeness (QED) is 0.562. The molecular weight excluding hydrogens is 276 g/mol. The fourth-order valence-corrected chi connectivity index (χ4v) is 5.08. The van der Waals surface area contributed by atoms with E-state index in [1.165, 1.54) is 63.4 Å². The summed E-state index contributed by atoms with van der Waals surface area (Å²) in [4.78, 5) is 0. The predicted molar refractivity (Wildman–Crippen MR) is 101 cm³/mol. The van der Waals surface area contributed by atoms with Crippen molar-refractivity contribution in [3.8, 4) is 0 Å². The summed E-state index contributed by atoms with van der Waals surface area (Å²) in [5.74, 6) is 4.68. The summed E-state index contributed by atoms with van der Waals surface area (Å²) in [7, 11) is 0. The normalized spacial score (nSPS) is 32.2. The van der Waals surface area contributed by atoms with Gasteiger partial charge in [-0.1, -0.05) is 57.9 Å². The molecule has 2 saturated carbocycles. The van der Waals surface area contributed by atoms with E-state index in [2.05, 4.69) is 45.0 Å². The average molecular weight is 313 g/mol. The third kappa shape index (κ3) is 4.61. The summed E-state index contributed by atoms with van der Waals surface area (Å²) in [6.45, 7) is 7.05. The second kappa shape index (κ2) is 7.86. The molecule has 0 spiro atoms. The van der Waals surface area contributed by atoms with Crippen LogP contribution < -0.4 is 0 Å². The lowest BCUT2D eigenvalue weighted by molar-refractivity contribution is 0.165. The van der Waals surface area contributed by atoms with Crippen LogP contribution in [0.3, 0.4) is 0 Å². The highest BCUT2D eigenvalue weighted by Gasteiger charge is 2.30. The number of hydrogen-bond donors (Lipinski definition) is 0. The Morgan fingerprint density at radius 3 is 1.83 bits per heavy atom. The largest absolute Gasteiger partial charge is 0.0625 e. The Bertz CT molecular complexity index is 453. The average Bonchev–Trinajstić information content (AvgIpc) is 2.56. The van der Waals surface area contributed by atoms with Crippen LogP contribution >= 0.6 is 0 Å². The first kappa shape index (κ1) is 17.1. The Kier molecular flexibility index (Phi) is 5.83. The van der Waals surface area contributed by atoms with E-state index < -0.39 is 0 Å². The molecule has 0 unspecified atom stereocenters. The van der Waals surface area contributed by atoms with Crippen molar-refractivity contribution in [3.05, 3.63) is 35.4 Å². The predicted octanol–water partition coefficient (Wildman–Crippen LogP) is 6.99. The standard InChI is InChI=1S/C23H36/c1-17(2)16-19-6-10-21(11-7-19)23-14-12-22(13-15-23)20-8-4-18(3)5-9-20/h6-7,10-11,17-18,20,22-23H,4-5,8-9,12-16H2,1-3H3. The van der Waals surface area contributed by atoms with Crippen molar-refractivity contribution in [1.29, 1.82) is 0 Å².